The van der Waals surface area contributed by atoms with Gasteiger partial charge in [0.15, 0.2) is 0 Å². The van der Waals surface area contributed by atoms with Gasteiger partial charge in [-0.25, -0.2) is 0 Å². The largest absolute Gasteiger partial charge is 0.388 e. The van der Waals surface area contributed by atoms with Crippen molar-refractivity contribution in [3.8, 4) is 0 Å². The van der Waals surface area contributed by atoms with E-state index in [2.05, 4.69) is 10.00 Å². The molecule has 3 rings (SSSR count). The summed E-state index contributed by atoms with van der Waals surface area (Å²) in [6.07, 6.45) is 6.49. The molecule has 1 aromatic heterocycles. The molecule has 0 saturated carbocycles. The Kier molecular flexibility index (Phi) is 3.37. The average molecular weight is 251 g/mol. The molecule has 0 amide bonds. The molecule has 2 aliphatic rings. The van der Waals surface area contributed by atoms with E-state index in [1.165, 1.54) is 0 Å². The Bertz CT molecular complexity index is 374. The van der Waals surface area contributed by atoms with Crippen molar-refractivity contribution in [3.05, 3.63) is 18.5 Å². The number of ether oxygens (including phenoxy) is 1. The minimum Gasteiger partial charge on any atom is -0.388 e. The van der Waals surface area contributed by atoms with Crippen LogP contribution in [0, 0.1) is 0 Å². The number of aliphatic hydroxyl groups is 1. The smallest absolute Gasteiger partial charge is 0.0817 e. The van der Waals surface area contributed by atoms with E-state index >= 15 is 0 Å². The van der Waals surface area contributed by atoms with E-state index in [1.807, 2.05) is 23.1 Å². The van der Waals surface area contributed by atoms with Crippen molar-refractivity contribution in [1.82, 2.24) is 14.7 Å². The van der Waals surface area contributed by atoms with E-state index in [-0.39, 0.29) is 0 Å². The molecular weight excluding hydrogens is 230 g/mol. The van der Waals surface area contributed by atoms with Gasteiger partial charge in [-0.2, -0.15) is 5.10 Å². The van der Waals surface area contributed by atoms with Gasteiger partial charge in [-0.3, -0.25) is 9.58 Å². The Hall–Kier alpha value is -0.910. The molecule has 1 N–H and O–H groups in total. The van der Waals surface area contributed by atoms with E-state index in [4.69, 9.17) is 4.74 Å². The van der Waals surface area contributed by atoms with Crippen molar-refractivity contribution in [2.24, 2.45) is 0 Å². The van der Waals surface area contributed by atoms with Gasteiger partial charge in [0.1, 0.15) is 0 Å². The monoisotopic (exact) mass is 251 g/mol. The minimum atomic E-state index is -0.544. The molecule has 100 valence electrons. The van der Waals surface area contributed by atoms with Gasteiger partial charge in [0.25, 0.3) is 0 Å². The fraction of sp³-hybridized carbons (Fsp3) is 0.769. The van der Waals surface area contributed by atoms with Gasteiger partial charge in [0, 0.05) is 58.1 Å². The molecule has 5 heteroatoms. The number of hydrogen-bond donors (Lipinski definition) is 1. The van der Waals surface area contributed by atoms with Crippen LogP contribution in [0.15, 0.2) is 18.5 Å². The van der Waals surface area contributed by atoms with Crippen LogP contribution in [0.2, 0.25) is 0 Å². The maximum Gasteiger partial charge on any atom is 0.0817 e. The van der Waals surface area contributed by atoms with Crippen LogP contribution in [0.5, 0.6) is 0 Å². The zero-order valence-corrected chi connectivity index (χ0v) is 10.7. The highest BCUT2D eigenvalue weighted by Crippen LogP contribution is 2.26. The SMILES string of the molecule is OC1(CN2CCC(n3cccn3)C2)CCOCC1. The quantitative estimate of drug-likeness (QED) is 0.858. The molecule has 2 aliphatic heterocycles. The van der Waals surface area contributed by atoms with Crippen LogP contribution >= 0.6 is 0 Å². The number of likely N-dealkylation sites (tertiary alicyclic amines) is 1. The third-order valence-electron chi connectivity index (χ3n) is 4.09. The molecular formula is C13H21N3O2. The van der Waals surface area contributed by atoms with Crippen LogP contribution in [0.1, 0.15) is 25.3 Å². The summed E-state index contributed by atoms with van der Waals surface area (Å²) >= 11 is 0. The summed E-state index contributed by atoms with van der Waals surface area (Å²) in [6, 6.07) is 2.43. The first kappa shape index (κ1) is 12.1. The number of rotatable bonds is 3. The van der Waals surface area contributed by atoms with Crippen molar-refractivity contribution in [2.75, 3.05) is 32.8 Å². The lowest BCUT2D eigenvalue weighted by Crippen LogP contribution is -2.46. The van der Waals surface area contributed by atoms with Gasteiger partial charge in [-0.05, 0) is 12.5 Å². The normalized spacial score (nSPS) is 28.6. The number of aromatic nitrogens is 2. The molecule has 3 heterocycles. The van der Waals surface area contributed by atoms with E-state index in [0.29, 0.717) is 19.3 Å². The van der Waals surface area contributed by atoms with Crippen LogP contribution in [0.3, 0.4) is 0 Å². The maximum absolute atomic E-state index is 10.5. The second-order valence-electron chi connectivity index (χ2n) is 5.50. The highest BCUT2D eigenvalue weighted by molar-refractivity contribution is 4.90. The Morgan fingerprint density at radius 2 is 2.22 bits per heavy atom. The van der Waals surface area contributed by atoms with Crippen LogP contribution in [0.25, 0.3) is 0 Å². The first-order chi connectivity index (χ1) is 8.75. The molecule has 0 bridgehead atoms. The molecule has 18 heavy (non-hydrogen) atoms. The van der Waals surface area contributed by atoms with E-state index < -0.39 is 5.60 Å². The van der Waals surface area contributed by atoms with E-state index in [1.54, 1.807) is 0 Å². The lowest BCUT2D eigenvalue weighted by atomic mass is 9.94. The number of β-amino-alcohol motifs (C(OH)–C–C–N with tert-alkyl or cyclic N) is 1. The maximum atomic E-state index is 10.5. The summed E-state index contributed by atoms with van der Waals surface area (Å²) in [7, 11) is 0. The molecule has 0 aliphatic carbocycles. The third-order valence-corrected chi connectivity index (χ3v) is 4.09. The van der Waals surface area contributed by atoms with Gasteiger partial charge in [0.05, 0.1) is 11.6 Å². The standard InChI is InChI=1S/C13H21N3O2/c17-13(3-8-18-9-4-13)11-15-7-2-12(10-15)16-6-1-5-14-16/h1,5-6,12,17H,2-4,7-11H2. The highest BCUT2D eigenvalue weighted by atomic mass is 16.5. The van der Waals surface area contributed by atoms with Crippen LogP contribution in [0.4, 0.5) is 0 Å². The summed E-state index contributed by atoms with van der Waals surface area (Å²) in [5, 5.41) is 14.8. The lowest BCUT2D eigenvalue weighted by molar-refractivity contribution is -0.0775. The number of nitrogens with zero attached hydrogens (tertiary/aromatic N) is 3. The van der Waals surface area contributed by atoms with Crippen molar-refractivity contribution in [2.45, 2.75) is 30.9 Å². The van der Waals surface area contributed by atoms with Gasteiger partial charge in [-0.15, -0.1) is 0 Å². The fourth-order valence-electron chi connectivity index (χ4n) is 2.99. The van der Waals surface area contributed by atoms with Crippen LogP contribution < -0.4 is 0 Å². The van der Waals surface area contributed by atoms with Gasteiger partial charge >= 0.3 is 0 Å². The summed E-state index contributed by atoms with van der Waals surface area (Å²) < 4.78 is 7.35. The molecule has 0 radical (unpaired) electrons. The Morgan fingerprint density at radius 3 is 2.94 bits per heavy atom. The predicted octanol–water partition coefficient (Wildman–Crippen LogP) is 0.671. The Morgan fingerprint density at radius 1 is 1.39 bits per heavy atom. The molecule has 0 spiro atoms. The second kappa shape index (κ2) is 4.99. The average Bonchev–Trinajstić information content (AvgIpc) is 2.99. The molecule has 0 aromatic carbocycles. The van der Waals surface area contributed by atoms with Crippen LogP contribution in [-0.4, -0.2) is 58.2 Å². The van der Waals surface area contributed by atoms with Crippen molar-refractivity contribution < 1.29 is 9.84 Å². The molecule has 2 fully saturated rings. The topological polar surface area (TPSA) is 50.5 Å². The summed E-state index contributed by atoms with van der Waals surface area (Å²) in [5.41, 5.74) is -0.544. The first-order valence-electron chi connectivity index (χ1n) is 6.77. The first-order valence-corrected chi connectivity index (χ1v) is 6.77. The van der Waals surface area contributed by atoms with E-state index in [0.717, 1.165) is 38.9 Å². The zero-order valence-electron chi connectivity index (χ0n) is 10.7. The second-order valence-corrected chi connectivity index (χ2v) is 5.50. The third kappa shape index (κ3) is 2.58. The molecule has 5 nitrogen and oxygen atoms in total. The summed E-state index contributed by atoms with van der Waals surface area (Å²) in [6.45, 7) is 4.19. The predicted molar refractivity (Wildman–Crippen MR) is 67.3 cm³/mol. The molecule has 1 atom stereocenters. The van der Waals surface area contributed by atoms with Crippen molar-refractivity contribution in [1.29, 1.82) is 0 Å². The lowest BCUT2D eigenvalue weighted by Gasteiger charge is -2.35. The Labute approximate surface area is 107 Å². The van der Waals surface area contributed by atoms with Gasteiger partial charge < -0.3 is 9.84 Å². The summed E-state index contributed by atoms with van der Waals surface area (Å²) in [5.74, 6) is 0. The van der Waals surface area contributed by atoms with E-state index in [9.17, 15) is 5.11 Å². The fourth-order valence-corrected chi connectivity index (χ4v) is 2.99. The van der Waals surface area contributed by atoms with Gasteiger partial charge in [-0.1, -0.05) is 0 Å². The summed E-state index contributed by atoms with van der Waals surface area (Å²) in [4.78, 5) is 2.36. The Balaban J connectivity index is 1.56. The highest BCUT2D eigenvalue weighted by Gasteiger charge is 2.34. The molecule has 1 unspecified atom stereocenters. The molecule has 1 aromatic rings. The minimum absolute atomic E-state index is 0.462. The number of hydrogen-bond acceptors (Lipinski definition) is 4. The molecule has 2 saturated heterocycles. The van der Waals surface area contributed by atoms with Crippen molar-refractivity contribution >= 4 is 0 Å². The van der Waals surface area contributed by atoms with Crippen LogP contribution in [-0.2, 0) is 4.74 Å². The van der Waals surface area contributed by atoms with Gasteiger partial charge in [0.2, 0.25) is 0 Å². The van der Waals surface area contributed by atoms with Crippen molar-refractivity contribution in [3.63, 3.8) is 0 Å². The zero-order chi connectivity index (χ0) is 12.4.